The number of rotatable bonds is 6. The van der Waals surface area contributed by atoms with E-state index in [0.717, 1.165) is 30.9 Å². The molecular formula is C17H34ClN3O. The van der Waals surface area contributed by atoms with Gasteiger partial charge in [-0.2, -0.15) is 0 Å². The smallest absolute Gasteiger partial charge is 0.123 e. The molecule has 1 aromatic rings. The van der Waals surface area contributed by atoms with Crippen LogP contribution in [0.5, 0.6) is 5.75 Å². The molecule has 0 aliphatic carbocycles. The largest absolute Gasteiger partial charge is 0.496 e. The van der Waals surface area contributed by atoms with Crippen molar-refractivity contribution in [2.75, 3.05) is 46.1 Å². The number of nitrogen functional groups attached to an aromatic ring is 1. The lowest BCUT2D eigenvalue weighted by Gasteiger charge is -2.16. The second-order valence-corrected chi connectivity index (χ2v) is 4.88. The third-order valence-corrected chi connectivity index (χ3v) is 3.41. The van der Waals surface area contributed by atoms with Gasteiger partial charge >= 0.3 is 0 Å². The van der Waals surface area contributed by atoms with Gasteiger partial charge in [-0.1, -0.05) is 39.3 Å². The Morgan fingerprint density at radius 2 is 1.77 bits per heavy atom. The van der Waals surface area contributed by atoms with Crippen molar-refractivity contribution in [2.24, 2.45) is 0 Å². The molecule has 0 aliphatic heterocycles. The minimum absolute atomic E-state index is 0.550. The minimum atomic E-state index is 0.550. The molecule has 0 bridgehead atoms. The first-order chi connectivity index (χ1) is 10.5. The van der Waals surface area contributed by atoms with Crippen LogP contribution >= 0.6 is 11.6 Å². The van der Waals surface area contributed by atoms with E-state index in [0.29, 0.717) is 10.7 Å². The van der Waals surface area contributed by atoms with Crippen molar-refractivity contribution in [1.29, 1.82) is 0 Å². The molecule has 5 heteroatoms. The highest BCUT2D eigenvalue weighted by atomic mass is 35.5. The van der Waals surface area contributed by atoms with Crippen molar-refractivity contribution in [3.05, 3.63) is 22.7 Å². The zero-order valence-corrected chi connectivity index (χ0v) is 16.0. The predicted molar refractivity (Wildman–Crippen MR) is 100 cm³/mol. The SMILES string of the molecule is CC.CCN(CC)CCNC.COc1cc(N)c(Cl)cc1C. The standard InChI is InChI=1S/C8H10ClNO.C7H18N2.C2H6/c1-5-3-6(9)7(10)4-8(5)11-2;1-4-9(5-2)7-6-8-3;1-2/h3-4H,10H2,1-2H3;8H,4-7H2,1-3H3;1-2H3. The highest BCUT2D eigenvalue weighted by Gasteiger charge is 2.02. The van der Waals surface area contributed by atoms with Crippen LogP contribution in [0.2, 0.25) is 5.02 Å². The van der Waals surface area contributed by atoms with Crippen molar-refractivity contribution in [3.8, 4) is 5.75 Å². The summed E-state index contributed by atoms with van der Waals surface area (Å²) in [5, 5.41) is 3.70. The van der Waals surface area contributed by atoms with Crippen LogP contribution in [0.1, 0.15) is 33.3 Å². The van der Waals surface area contributed by atoms with Crippen molar-refractivity contribution in [2.45, 2.75) is 34.6 Å². The third kappa shape index (κ3) is 9.87. The topological polar surface area (TPSA) is 50.5 Å². The molecule has 0 fully saturated rings. The summed E-state index contributed by atoms with van der Waals surface area (Å²) in [5.41, 5.74) is 7.10. The number of nitrogens with zero attached hydrogens (tertiary/aromatic N) is 1. The molecule has 3 N–H and O–H groups in total. The lowest BCUT2D eigenvalue weighted by Crippen LogP contribution is -2.30. The number of benzene rings is 1. The van der Waals surface area contributed by atoms with Crippen LogP contribution in [0, 0.1) is 6.92 Å². The fraction of sp³-hybridized carbons (Fsp3) is 0.647. The van der Waals surface area contributed by atoms with Crippen LogP contribution in [-0.2, 0) is 0 Å². The first kappa shape index (κ1) is 23.3. The Hall–Kier alpha value is -0.970. The quantitative estimate of drug-likeness (QED) is 0.778. The van der Waals surface area contributed by atoms with E-state index in [1.165, 1.54) is 6.54 Å². The zero-order chi connectivity index (χ0) is 17.5. The minimum Gasteiger partial charge on any atom is -0.496 e. The fourth-order valence-electron chi connectivity index (χ4n) is 1.70. The Balaban J connectivity index is 0. The zero-order valence-electron chi connectivity index (χ0n) is 15.3. The van der Waals surface area contributed by atoms with Gasteiger partial charge < -0.3 is 20.7 Å². The molecule has 0 saturated heterocycles. The van der Waals surface area contributed by atoms with E-state index in [-0.39, 0.29) is 0 Å². The predicted octanol–water partition coefficient (Wildman–Crippen LogP) is 3.81. The van der Waals surface area contributed by atoms with Crippen molar-refractivity contribution in [1.82, 2.24) is 10.2 Å². The van der Waals surface area contributed by atoms with Gasteiger partial charge in [-0.25, -0.2) is 0 Å². The molecule has 1 rings (SSSR count). The van der Waals surface area contributed by atoms with E-state index in [1.54, 1.807) is 19.2 Å². The average Bonchev–Trinajstić information content (AvgIpc) is 2.54. The van der Waals surface area contributed by atoms with Gasteiger partial charge in [0.05, 0.1) is 17.8 Å². The summed E-state index contributed by atoms with van der Waals surface area (Å²) in [6.45, 7) is 14.9. The van der Waals surface area contributed by atoms with Gasteiger partial charge in [0.25, 0.3) is 0 Å². The van der Waals surface area contributed by atoms with Crippen LogP contribution in [0.25, 0.3) is 0 Å². The number of nitrogens with two attached hydrogens (primary N) is 1. The molecule has 0 atom stereocenters. The third-order valence-electron chi connectivity index (χ3n) is 3.09. The summed E-state index contributed by atoms with van der Waals surface area (Å²) in [7, 11) is 3.60. The van der Waals surface area contributed by atoms with Crippen molar-refractivity contribution < 1.29 is 4.74 Å². The van der Waals surface area contributed by atoms with E-state index in [1.807, 2.05) is 27.8 Å². The number of nitrogens with one attached hydrogen (secondary N) is 1. The second kappa shape index (κ2) is 14.9. The molecule has 0 amide bonds. The van der Waals surface area contributed by atoms with Gasteiger partial charge in [0.15, 0.2) is 0 Å². The number of ether oxygens (including phenoxy) is 1. The Morgan fingerprint density at radius 3 is 2.18 bits per heavy atom. The summed E-state index contributed by atoms with van der Waals surface area (Å²) < 4.78 is 5.04. The number of aryl methyl sites for hydroxylation is 1. The molecule has 0 radical (unpaired) electrons. The molecule has 0 heterocycles. The van der Waals surface area contributed by atoms with Gasteiger partial charge in [0.1, 0.15) is 5.75 Å². The Bertz CT molecular complexity index is 382. The molecule has 1 aromatic carbocycles. The van der Waals surface area contributed by atoms with E-state index < -0.39 is 0 Å². The molecule has 0 saturated carbocycles. The van der Waals surface area contributed by atoms with Crippen LogP contribution in [0.15, 0.2) is 12.1 Å². The number of methoxy groups -OCH3 is 1. The number of likely N-dealkylation sites (N-methyl/N-ethyl adjacent to an activating group) is 2. The molecule has 0 aliphatic rings. The summed E-state index contributed by atoms with van der Waals surface area (Å²) in [6, 6.07) is 3.51. The summed E-state index contributed by atoms with van der Waals surface area (Å²) >= 11 is 5.76. The number of hydrogen-bond donors (Lipinski definition) is 2. The highest BCUT2D eigenvalue weighted by Crippen LogP contribution is 2.27. The maximum atomic E-state index is 5.76. The van der Waals surface area contributed by atoms with Gasteiger partial charge in [-0.15, -0.1) is 0 Å². The maximum absolute atomic E-state index is 5.76. The number of halogens is 1. The summed E-state index contributed by atoms with van der Waals surface area (Å²) in [5.74, 6) is 0.770. The van der Waals surface area contributed by atoms with Gasteiger partial charge in [0, 0.05) is 19.2 Å². The summed E-state index contributed by atoms with van der Waals surface area (Å²) in [4.78, 5) is 2.40. The average molecular weight is 332 g/mol. The maximum Gasteiger partial charge on any atom is 0.123 e. The van der Waals surface area contributed by atoms with Crippen LogP contribution in [0.3, 0.4) is 0 Å². The molecule has 130 valence electrons. The molecule has 0 spiro atoms. The second-order valence-electron chi connectivity index (χ2n) is 4.47. The molecule has 22 heavy (non-hydrogen) atoms. The Morgan fingerprint density at radius 1 is 1.23 bits per heavy atom. The molecular weight excluding hydrogens is 298 g/mol. The molecule has 0 unspecified atom stereocenters. The monoisotopic (exact) mass is 331 g/mol. The Kier molecular flexibility index (Phi) is 15.8. The van der Waals surface area contributed by atoms with Crippen LogP contribution < -0.4 is 15.8 Å². The fourth-order valence-corrected chi connectivity index (χ4v) is 1.92. The summed E-state index contributed by atoms with van der Waals surface area (Å²) in [6.07, 6.45) is 0. The first-order valence-electron chi connectivity index (χ1n) is 7.96. The highest BCUT2D eigenvalue weighted by molar-refractivity contribution is 6.33. The normalized spacial score (nSPS) is 9.50. The van der Waals surface area contributed by atoms with Crippen molar-refractivity contribution in [3.63, 3.8) is 0 Å². The van der Waals surface area contributed by atoms with Crippen LogP contribution in [-0.4, -0.2) is 45.2 Å². The van der Waals surface area contributed by atoms with E-state index in [4.69, 9.17) is 22.1 Å². The number of anilines is 1. The molecule has 0 aromatic heterocycles. The Labute approximate surface area is 142 Å². The first-order valence-corrected chi connectivity index (χ1v) is 8.34. The molecule has 4 nitrogen and oxygen atoms in total. The lowest BCUT2D eigenvalue weighted by molar-refractivity contribution is 0.305. The van der Waals surface area contributed by atoms with E-state index in [9.17, 15) is 0 Å². The lowest BCUT2D eigenvalue weighted by atomic mass is 10.2. The van der Waals surface area contributed by atoms with E-state index >= 15 is 0 Å². The van der Waals surface area contributed by atoms with E-state index in [2.05, 4.69) is 24.1 Å². The van der Waals surface area contributed by atoms with Crippen molar-refractivity contribution >= 4 is 17.3 Å². The van der Waals surface area contributed by atoms with Crippen LogP contribution in [0.4, 0.5) is 5.69 Å². The number of hydrogen-bond acceptors (Lipinski definition) is 4. The van der Waals surface area contributed by atoms with Gasteiger partial charge in [-0.3, -0.25) is 0 Å². The van der Waals surface area contributed by atoms with Gasteiger partial charge in [0.2, 0.25) is 0 Å². The van der Waals surface area contributed by atoms with Gasteiger partial charge in [-0.05, 0) is 38.7 Å².